The van der Waals surface area contributed by atoms with Crippen molar-refractivity contribution in [3.05, 3.63) is 11.0 Å². The van der Waals surface area contributed by atoms with E-state index in [1.807, 2.05) is 5.92 Å². The minimum atomic E-state index is -2.69. The molecule has 0 aromatic carbocycles. The molecule has 1 unspecified atom stereocenters. The molecule has 1 aliphatic rings. The zero-order valence-corrected chi connectivity index (χ0v) is 13.8. The highest BCUT2D eigenvalue weighted by Crippen LogP contribution is 2.43. The normalized spacial score (nSPS) is 30.2. The smallest absolute Gasteiger partial charge is 0.243 e. The number of alkyl halides is 2. The van der Waals surface area contributed by atoms with Gasteiger partial charge in [0.2, 0.25) is 5.67 Å². The fourth-order valence-corrected chi connectivity index (χ4v) is 3.04. The second-order valence-corrected chi connectivity index (χ2v) is 6.00. The van der Waals surface area contributed by atoms with Gasteiger partial charge < -0.3 is 25.7 Å². The van der Waals surface area contributed by atoms with E-state index in [0.717, 1.165) is 0 Å². The largest absolute Gasteiger partial charge is 0.391 e. The third-order valence-electron chi connectivity index (χ3n) is 3.93. The van der Waals surface area contributed by atoms with E-state index in [2.05, 4.69) is 20.9 Å². The monoisotopic (exact) mass is 371 g/mol. The molecule has 1 fully saturated rings. The van der Waals surface area contributed by atoms with Gasteiger partial charge in [-0.3, -0.25) is 4.57 Å². The Kier molecular flexibility index (Phi) is 4.46. The molecule has 5 N–H and O–H groups in total. The van der Waals surface area contributed by atoms with Gasteiger partial charge in [-0.05, 0) is 6.92 Å². The van der Waals surface area contributed by atoms with Gasteiger partial charge in [-0.2, -0.15) is 0 Å². The molecule has 0 bridgehead atoms. The van der Waals surface area contributed by atoms with Crippen molar-refractivity contribution in [2.45, 2.75) is 37.1 Å². The number of fused-ring (bicyclic) bond motifs is 1. The highest BCUT2D eigenvalue weighted by molar-refractivity contribution is 7.71. The number of aliphatic hydroxyl groups excluding tert-OH is 2. The van der Waals surface area contributed by atoms with Gasteiger partial charge >= 0.3 is 0 Å². The van der Waals surface area contributed by atoms with Crippen LogP contribution in [0.1, 0.15) is 13.2 Å². The summed E-state index contributed by atoms with van der Waals surface area (Å²) in [7, 11) is 0. The van der Waals surface area contributed by atoms with E-state index in [1.165, 1.54) is 17.8 Å². The quantitative estimate of drug-likeness (QED) is 0.445. The van der Waals surface area contributed by atoms with Crippen molar-refractivity contribution in [2.75, 3.05) is 12.4 Å². The lowest BCUT2D eigenvalue weighted by Crippen LogP contribution is -2.44. The average molecular weight is 371 g/mol. The lowest BCUT2D eigenvalue weighted by Gasteiger charge is -2.24. The SMILES string of the molecule is C[C@@H](O)[C@H]1O[C@@H](n2cnc3c(=S)nc(N)[nH]c32)C(F)(C#CCF)[C@H]1O. The number of aromatic amines is 1. The van der Waals surface area contributed by atoms with Crippen LogP contribution < -0.4 is 5.73 Å². The molecule has 0 aliphatic carbocycles. The van der Waals surface area contributed by atoms with Crippen LogP contribution in [-0.2, 0) is 4.74 Å². The fourth-order valence-electron chi connectivity index (χ4n) is 2.79. The van der Waals surface area contributed by atoms with E-state index < -0.39 is 36.9 Å². The molecule has 0 spiro atoms. The molecule has 0 saturated carbocycles. The molecule has 0 radical (unpaired) electrons. The van der Waals surface area contributed by atoms with Crippen molar-refractivity contribution in [3.8, 4) is 11.8 Å². The second kappa shape index (κ2) is 6.30. The highest BCUT2D eigenvalue weighted by Gasteiger charge is 2.59. The van der Waals surface area contributed by atoms with Crippen LogP contribution in [-0.4, -0.2) is 60.4 Å². The fraction of sp³-hybridized carbons (Fsp3) is 0.500. The minimum Gasteiger partial charge on any atom is -0.391 e. The molecule has 1 aliphatic heterocycles. The Morgan fingerprint density at radius 2 is 2.36 bits per heavy atom. The molecule has 2 aromatic rings. The predicted molar refractivity (Wildman–Crippen MR) is 86.3 cm³/mol. The topological polar surface area (TPSA) is 122 Å². The number of imidazole rings is 1. The summed E-state index contributed by atoms with van der Waals surface area (Å²) in [6, 6.07) is 0. The number of aromatic nitrogens is 4. The van der Waals surface area contributed by atoms with Crippen molar-refractivity contribution >= 4 is 29.3 Å². The molecule has 3 rings (SSSR count). The Hall–Kier alpha value is -2.13. The maximum Gasteiger partial charge on any atom is 0.243 e. The molecular weight excluding hydrogens is 356 g/mol. The predicted octanol–water partition coefficient (Wildman–Crippen LogP) is 0.391. The first kappa shape index (κ1) is 17.7. The molecule has 25 heavy (non-hydrogen) atoms. The lowest BCUT2D eigenvalue weighted by molar-refractivity contribution is -0.0776. The number of H-pyrrole nitrogens is 1. The summed E-state index contributed by atoms with van der Waals surface area (Å²) in [5, 5.41) is 20.0. The van der Waals surface area contributed by atoms with Gasteiger partial charge in [-0.25, -0.2) is 18.7 Å². The summed E-state index contributed by atoms with van der Waals surface area (Å²) >= 11 is 5.06. The lowest BCUT2D eigenvalue weighted by atomic mass is 9.94. The van der Waals surface area contributed by atoms with E-state index in [1.54, 1.807) is 0 Å². The molecule has 8 nitrogen and oxygen atoms in total. The Balaban J connectivity index is 2.18. The number of aliphatic hydroxyl groups is 2. The van der Waals surface area contributed by atoms with Crippen LogP contribution in [0.2, 0.25) is 0 Å². The third kappa shape index (κ3) is 2.77. The van der Waals surface area contributed by atoms with Crippen molar-refractivity contribution in [1.82, 2.24) is 19.5 Å². The van der Waals surface area contributed by atoms with E-state index in [4.69, 9.17) is 22.7 Å². The van der Waals surface area contributed by atoms with Gasteiger partial charge in [0.1, 0.15) is 30.0 Å². The number of nitrogens with zero attached hydrogens (tertiary/aromatic N) is 3. The highest BCUT2D eigenvalue weighted by atomic mass is 32.1. The van der Waals surface area contributed by atoms with E-state index >= 15 is 4.39 Å². The first-order valence-corrected chi connectivity index (χ1v) is 7.69. The van der Waals surface area contributed by atoms with Crippen LogP contribution in [0.25, 0.3) is 11.2 Å². The molecule has 2 aromatic heterocycles. The number of rotatable bonds is 2. The molecule has 11 heteroatoms. The molecule has 1 saturated heterocycles. The molecule has 3 heterocycles. The molecule has 0 amide bonds. The van der Waals surface area contributed by atoms with Gasteiger partial charge in [-0.1, -0.05) is 24.1 Å². The van der Waals surface area contributed by atoms with Gasteiger partial charge in [0, 0.05) is 0 Å². The molecule has 134 valence electrons. The van der Waals surface area contributed by atoms with Gasteiger partial charge in [0.05, 0.1) is 12.4 Å². The van der Waals surface area contributed by atoms with Crippen molar-refractivity contribution in [1.29, 1.82) is 0 Å². The van der Waals surface area contributed by atoms with E-state index in [9.17, 15) is 14.6 Å². The summed E-state index contributed by atoms with van der Waals surface area (Å²) in [5.41, 5.74) is 3.38. The Morgan fingerprint density at radius 3 is 3.00 bits per heavy atom. The zero-order chi connectivity index (χ0) is 18.4. The number of hydrogen-bond acceptors (Lipinski definition) is 7. The maximum absolute atomic E-state index is 15.5. The first-order valence-electron chi connectivity index (χ1n) is 7.28. The summed E-state index contributed by atoms with van der Waals surface area (Å²) in [5.74, 6) is 4.01. The number of anilines is 1. The van der Waals surface area contributed by atoms with Crippen molar-refractivity contribution in [3.63, 3.8) is 0 Å². The Bertz CT molecular complexity index is 921. The van der Waals surface area contributed by atoms with Crippen LogP contribution >= 0.6 is 12.2 Å². The summed E-state index contributed by atoms with van der Waals surface area (Å²) < 4.78 is 34.7. The number of nitrogen functional groups attached to an aromatic ring is 1. The summed E-state index contributed by atoms with van der Waals surface area (Å²) in [4.78, 5) is 10.6. The first-order chi connectivity index (χ1) is 11.8. The third-order valence-corrected chi connectivity index (χ3v) is 4.21. The van der Waals surface area contributed by atoms with Crippen LogP contribution in [0, 0.1) is 16.5 Å². The average Bonchev–Trinajstić information content (AvgIpc) is 3.06. The number of hydrogen-bond donors (Lipinski definition) is 4. The Morgan fingerprint density at radius 1 is 1.64 bits per heavy atom. The number of nitrogens with one attached hydrogen (secondary N) is 1. The van der Waals surface area contributed by atoms with Crippen LogP contribution in [0.5, 0.6) is 0 Å². The van der Waals surface area contributed by atoms with Gasteiger partial charge in [0.25, 0.3) is 0 Å². The number of ether oxygens (including phenoxy) is 1. The van der Waals surface area contributed by atoms with E-state index in [0.29, 0.717) is 0 Å². The minimum absolute atomic E-state index is 0.0239. The van der Waals surface area contributed by atoms with Crippen LogP contribution in [0.4, 0.5) is 14.7 Å². The van der Waals surface area contributed by atoms with Crippen LogP contribution in [0.15, 0.2) is 6.33 Å². The van der Waals surface area contributed by atoms with Crippen LogP contribution in [0.3, 0.4) is 0 Å². The zero-order valence-electron chi connectivity index (χ0n) is 13.0. The van der Waals surface area contributed by atoms with Gasteiger partial charge in [0.15, 0.2) is 16.8 Å². The number of nitrogens with two attached hydrogens (primary N) is 1. The van der Waals surface area contributed by atoms with Crippen molar-refractivity contribution < 1.29 is 23.7 Å². The molecule has 5 atom stereocenters. The Labute approximate surface area is 145 Å². The van der Waals surface area contributed by atoms with E-state index in [-0.39, 0.29) is 21.8 Å². The number of halogens is 2. The summed E-state index contributed by atoms with van der Waals surface area (Å²) in [6.07, 6.45) is -4.58. The van der Waals surface area contributed by atoms with Gasteiger partial charge in [-0.15, -0.1) is 0 Å². The standard InChI is InChI=1S/C14H15F2N5O3S/c1-6(22)8-9(23)14(16,3-2-4-15)12(24-8)21-5-18-7-10(21)19-13(17)20-11(7)25/h5-6,8-9,12,22-23H,4H2,1H3,(H3,17,19,20,25)/t6-,8-,9+,12-,14?/m1/s1. The molecular formula is C14H15F2N5O3S. The maximum atomic E-state index is 15.5. The van der Waals surface area contributed by atoms with Crippen molar-refractivity contribution in [2.24, 2.45) is 0 Å². The second-order valence-electron chi connectivity index (χ2n) is 5.62. The summed E-state index contributed by atoms with van der Waals surface area (Å²) in [6.45, 7) is 0.231.